The Morgan fingerprint density at radius 1 is 1.19 bits per heavy atom. The lowest BCUT2D eigenvalue weighted by atomic mass is 9.76. The quantitative estimate of drug-likeness (QED) is 0.689. The third-order valence-electron chi connectivity index (χ3n) is 4.70. The number of nitrogens with one attached hydrogen (secondary N) is 2. The van der Waals surface area contributed by atoms with Crippen LogP contribution in [0.3, 0.4) is 0 Å². The van der Waals surface area contributed by atoms with Crippen LogP contribution >= 0.6 is 0 Å². The summed E-state index contributed by atoms with van der Waals surface area (Å²) in [4.78, 5) is 36.3. The number of carbonyl (C=O) groups excluding carboxylic acids is 2. The summed E-state index contributed by atoms with van der Waals surface area (Å²) in [6.45, 7) is 0.193. The number of ether oxygens (including phenoxy) is 1. The number of rotatable bonds is 5. The van der Waals surface area contributed by atoms with Gasteiger partial charge in [0.1, 0.15) is 12.1 Å². The molecule has 0 aliphatic heterocycles. The van der Waals surface area contributed by atoms with Crippen LogP contribution in [0.2, 0.25) is 0 Å². The maximum atomic E-state index is 12.6. The van der Waals surface area contributed by atoms with Crippen LogP contribution in [0.15, 0.2) is 48.9 Å². The van der Waals surface area contributed by atoms with E-state index in [1.165, 1.54) is 12.5 Å². The summed E-state index contributed by atoms with van der Waals surface area (Å²) in [5, 5.41) is 2.85. The van der Waals surface area contributed by atoms with E-state index in [1.807, 2.05) is 30.3 Å². The highest BCUT2D eigenvalue weighted by molar-refractivity contribution is 5.99. The summed E-state index contributed by atoms with van der Waals surface area (Å²) in [7, 11) is 0. The first-order valence-electron chi connectivity index (χ1n) is 8.49. The number of H-pyrrole nitrogens is 1. The van der Waals surface area contributed by atoms with E-state index in [0.29, 0.717) is 29.6 Å². The molecule has 0 atom stereocenters. The number of carbonyl (C=O) groups is 2. The Kier molecular flexibility index (Phi) is 4.12. The second-order valence-electron chi connectivity index (χ2n) is 6.45. The summed E-state index contributed by atoms with van der Waals surface area (Å²) in [6, 6.07) is 11.1. The van der Waals surface area contributed by atoms with E-state index in [0.717, 1.165) is 12.0 Å². The standard InChI is InChI=1S/C19H18N4O3/c24-17(14-9-15-16(20-10-14)22-12-21-15)23-19(7-4-8-19)18(25)26-11-13-5-2-1-3-6-13/h1-3,5-6,9-10,12H,4,7-8,11H2,(H,23,24)(H,20,21,22). The largest absolute Gasteiger partial charge is 0.459 e. The molecule has 1 amide bonds. The number of benzene rings is 1. The molecule has 0 spiro atoms. The Bertz CT molecular complexity index is 948. The highest BCUT2D eigenvalue weighted by Crippen LogP contribution is 2.33. The van der Waals surface area contributed by atoms with Crippen LogP contribution in [0.25, 0.3) is 11.2 Å². The predicted octanol–water partition coefficient (Wildman–Crippen LogP) is 2.35. The minimum Gasteiger partial charge on any atom is -0.459 e. The highest BCUT2D eigenvalue weighted by atomic mass is 16.5. The molecule has 2 heterocycles. The van der Waals surface area contributed by atoms with Crippen molar-refractivity contribution in [2.45, 2.75) is 31.4 Å². The minimum absolute atomic E-state index is 0.193. The normalized spacial score (nSPS) is 15.2. The maximum absolute atomic E-state index is 12.6. The van der Waals surface area contributed by atoms with Crippen molar-refractivity contribution in [3.05, 3.63) is 60.0 Å². The molecule has 132 valence electrons. The third-order valence-corrected chi connectivity index (χ3v) is 4.70. The fraction of sp³-hybridized carbons (Fsp3) is 0.263. The number of hydrogen-bond acceptors (Lipinski definition) is 5. The Labute approximate surface area is 149 Å². The first kappa shape index (κ1) is 16.3. The third kappa shape index (κ3) is 3.03. The molecule has 7 heteroatoms. The number of nitrogens with zero attached hydrogens (tertiary/aromatic N) is 2. The molecule has 26 heavy (non-hydrogen) atoms. The van der Waals surface area contributed by atoms with Crippen molar-refractivity contribution in [2.75, 3.05) is 0 Å². The monoisotopic (exact) mass is 350 g/mol. The number of fused-ring (bicyclic) bond motifs is 1. The Morgan fingerprint density at radius 2 is 2.00 bits per heavy atom. The van der Waals surface area contributed by atoms with Crippen molar-refractivity contribution < 1.29 is 14.3 Å². The van der Waals surface area contributed by atoms with Crippen LogP contribution in [-0.4, -0.2) is 32.4 Å². The van der Waals surface area contributed by atoms with Crippen molar-refractivity contribution in [2.24, 2.45) is 0 Å². The molecule has 0 unspecified atom stereocenters. The smallest absolute Gasteiger partial charge is 0.332 e. The molecule has 7 nitrogen and oxygen atoms in total. The highest BCUT2D eigenvalue weighted by Gasteiger charge is 2.47. The van der Waals surface area contributed by atoms with Gasteiger partial charge in [-0.1, -0.05) is 30.3 Å². The lowest BCUT2D eigenvalue weighted by Crippen LogP contribution is -2.59. The van der Waals surface area contributed by atoms with Crippen LogP contribution in [0, 0.1) is 0 Å². The molecule has 1 saturated carbocycles. The minimum atomic E-state index is -0.950. The lowest BCUT2D eigenvalue weighted by molar-refractivity contribution is -0.156. The summed E-state index contributed by atoms with van der Waals surface area (Å²) < 4.78 is 5.44. The van der Waals surface area contributed by atoms with Gasteiger partial charge in [0.15, 0.2) is 5.65 Å². The van der Waals surface area contributed by atoms with E-state index < -0.39 is 11.5 Å². The molecule has 1 aliphatic carbocycles. The summed E-state index contributed by atoms with van der Waals surface area (Å²) in [5.74, 6) is -0.734. The Morgan fingerprint density at radius 3 is 2.73 bits per heavy atom. The van der Waals surface area contributed by atoms with Crippen molar-refractivity contribution in [1.82, 2.24) is 20.3 Å². The van der Waals surface area contributed by atoms with Crippen LogP contribution < -0.4 is 5.32 Å². The van der Waals surface area contributed by atoms with E-state index in [9.17, 15) is 9.59 Å². The molecule has 2 aromatic heterocycles. The van der Waals surface area contributed by atoms with Gasteiger partial charge in [0.05, 0.1) is 17.4 Å². The van der Waals surface area contributed by atoms with Crippen LogP contribution in [0.5, 0.6) is 0 Å². The molecule has 1 fully saturated rings. The van der Waals surface area contributed by atoms with E-state index in [4.69, 9.17) is 4.74 Å². The number of aromatic amines is 1. The van der Waals surface area contributed by atoms with E-state index in [2.05, 4.69) is 20.3 Å². The van der Waals surface area contributed by atoms with Crippen LogP contribution in [-0.2, 0) is 16.1 Å². The fourth-order valence-corrected chi connectivity index (χ4v) is 3.02. The molecule has 2 N–H and O–H groups in total. The molecular formula is C19H18N4O3. The Balaban J connectivity index is 1.45. The van der Waals surface area contributed by atoms with Gasteiger partial charge in [-0.3, -0.25) is 4.79 Å². The summed E-state index contributed by atoms with van der Waals surface area (Å²) in [6.07, 6.45) is 5.00. The van der Waals surface area contributed by atoms with Crippen molar-refractivity contribution >= 4 is 23.0 Å². The van der Waals surface area contributed by atoms with E-state index >= 15 is 0 Å². The van der Waals surface area contributed by atoms with Gasteiger partial charge >= 0.3 is 5.97 Å². The van der Waals surface area contributed by atoms with Crippen molar-refractivity contribution in [3.8, 4) is 0 Å². The zero-order valence-electron chi connectivity index (χ0n) is 14.1. The van der Waals surface area contributed by atoms with E-state index in [-0.39, 0.29) is 12.5 Å². The van der Waals surface area contributed by atoms with Gasteiger partial charge in [-0.15, -0.1) is 0 Å². The number of aromatic nitrogens is 3. The summed E-state index contributed by atoms with van der Waals surface area (Å²) in [5.41, 5.74) is 1.56. The lowest BCUT2D eigenvalue weighted by Gasteiger charge is -2.39. The second kappa shape index (κ2) is 6.59. The van der Waals surface area contributed by atoms with Gasteiger partial charge in [-0.2, -0.15) is 0 Å². The molecule has 0 radical (unpaired) electrons. The number of pyridine rings is 1. The molecular weight excluding hydrogens is 332 g/mol. The van der Waals surface area contributed by atoms with Gasteiger partial charge < -0.3 is 15.0 Å². The number of imidazole rings is 1. The van der Waals surface area contributed by atoms with Gasteiger partial charge in [-0.25, -0.2) is 14.8 Å². The molecule has 1 aromatic carbocycles. The van der Waals surface area contributed by atoms with Crippen LogP contribution in [0.1, 0.15) is 35.2 Å². The van der Waals surface area contributed by atoms with Crippen molar-refractivity contribution in [3.63, 3.8) is 0 Å². The second-order valence-corrected chi connectivity index (χ2v) is 6.45. The van der Waals surface area contributed by atoms with Gasteiger partial charge in [0.25, 0.3) is 5.91 Å². The Hall–Kier alpha value is -3.22. The molecule has 0 saturated heterocycles. The summed E-state index contributed by atoms with van der Waals surface area (Å²) >= 11 is 0. The van der Waals surface area contributed by atoms with Gasteiger partial charge in [0.2, 0.25) is 0 Å². The molecule has 1 aliphatic rings. The number of esters is 1. The number of amides is 1. The molecule has 4 rings (SSSR count). The molecule has 0 bridgehead atoms. The van der Waals surface area contributed by atoms with Crippen molar-refractivity contribution in [1.29, 1.82) is 0 Å². The average Bonchev–Trinajstić information content (AvgIpc) is 3.11. The van der Waals surface area contributed by atoms with Gasteiger partial charge in [0, 0.05) is 6.20 Å². The molecule has 3 aromatic rings. The fourth-order valence-electron chi connectivity index (χ4n) is 3.02. The SMILES string of the molecule is O=C(NC1(C(=O)OCc2ccccc2)CCC1)c1cnc2nc[nH]c2c1. The topological polar surface area (TPSA) is 97.0 Å². The zero-order chi connectivity index (χ0) is 18.0. The zero-order valence-corrected chi connectivity index (χ0v) is 14.1. The maximum Gasteiger partial charge on any atom is 0.332 e. The predicted molar refractivity (Wildman–Crippen MR) is 94.2 cm³/mol. The van der Waals surface area contributed by atoms with Crippen LogP contribution in [0.4, 0.5) is 0 Å². The first-order chi connectivity index (χ1) is 12.7. The van der Waals surface area contributed by atoms with Gasteiger partial charge in [-0.05, 0) is 30.9 Å². The average molecular weight is 350 g/mol. The number of hydrogen-bond donors (Lipinski definition) is 2. The van der Waals surface area contributed by atoms with E-state index in [1.54, 1.807) is 6.07 Å². The first-order valence-corrected chi connectivity index (χ1v) is 8.49.